The molecule has 1 aliphatic heterocycles. The quantitative estimate of drug-likeness (QED) is 0.180. The van der Waals surface area contributed by atoms with Gasteiger partial charge in [-0.15, -0.1) is 0 Å². The van der Waals surface area contributed by atoms with Gasteiger partial charge in [0.15, 0.2) is 0 Å². The van der Waals surface area contributed by atoms with Crippen molar-refractivity contribution in [2.24, 2.45) is 0 Å². The first-order valence-corrected chi connectivity index (χ1v) is 16.7. The average molecular weight is 610 g/mol. The van der Waals surface area contributed by atoms with E-state index in [0.29, 0.717) is 0 Å². The molecule has 0 saturated heterocycles. The lowest BCUT2D eigenvalue weighted by molar-refractivity contribution is 1.09. The minimum absolute atomic E-state index is 0.940. The predicted molar refractivity (Wildman–Crippen MR) is 205 cm³/mol. The maximum atomic E-state index is 2.46. The van der Waals surface area contributed by atoms with Crippen molar-refractivity contribution in [3.63, 3.8) is 0 Å². The van der Waals surface area contributed by atoms with Crippen LogP contribution in [0.4, 0.5) is 17.1 Å². The van der Waals surface area contributed by atoms with Gasteiger partial charge in [-0.2, -0.15) is 0 Å². The topological polar surface area (TPSA) is 3.24 Å². The summed E-state index contributed by atoms with van der Waals surface area (Å²) in [4.78, 5) is 2.46. The monoisotopic (exact) mass is 609 g/mol. The van der Waals surface area contributed by atoms with Crippen molar-refractivity contribution in [1.29, 1.82) is 0 Å². The van der Waals surface area contributed by atoms with E-state index in [1.54, 1.807) is 0 Å². The zero-order valence-corrected chi connectivity index (χ0v) is 26.4. The third kappa shape index (κ3) is 4.18. The third-order valence-electron chi connectivity index (χ3n) is 10.2. The van der Waals surface area contributed by atoms with Gasteiger partial charge >= 0.3 is 0 Å². The van der Waals surface area contributed by atoms with Crippen LogP contribution in [-0.4, -0.2) is 0 Å². The van der Waals surface area contributed by atoms with Crippen molar-refractivity contribution in [3.05, 3.63) is 187 Å². The molecule has 0 atom stereocenters. The molecule has 9 aromatic carbocycles. The zero-order chi connectivity index (χ0) is 31.6. The van der Waals surface area contributed by atoms with E-state index in [0.717, 1.165) is 6.42 Å². The van der Waals surface area contributed by atoms with Crippen LogP contribution in [-0.2, 0) is 6.42 Å². The Balaban J connectivity index is 1.32. The molecule has 1 aliphatic rings. The molecule has 0 saturated carbocycles. The van der Waals surface area contributed by atoms with E-state index in [4.69, 9.17) is 0 Å². The summed E-state index contributed by atoms with van der Waals surface area (Å²) in [6.07, 6.45) is 0.940. The third-order valence-corrected chi connectivity index (χ3v) is 10.2. The number of rotatable bonds is 3. The summed E-state index contributed by atoms with van der Waals surface area (Å²) < 4.78 is 0. The second-order valence-electron chi connectivity index (χ2n) is 12.9. The Morgan fingerprint density at radius 1 is 0.333 bits per heavy atom. The van der Waals surface area contributed by atoms with E-state index >= 15 is 0 Å². The van der Waals surface area contributed by atoms with E-state index in [-0.39, 0.29) is 0 Å². The van der Waals surface area contributed by atoms with Crippen LogP contribution in [0.5, 0.6) is 0 Å². The maximum Gasteiger partial charge on any atom is 0.0497 e. The van der Waals surface area contributed by atoms with Gasteiger partial charge in [-0.05, 0) is 113 Å². The molecule has 224 valence electrons. The van der Waals surface area contributed by atoms with E-state index < -0.39 is 0 Å². The minimum atomic E-state index is 0.940. The Kier molecular flexibility index (Phi) is 6.01. The lowest BCUT2D eigenvalue weighted by Crippen LogP contribution is -2.18. The number of benzene rings is 9. The first-order valence-electron chi connectivity index (χ1n) is 16.7. The molecular formula is C47H31N. The number of hydrogen-bond acceptors (Lipinski definition) is 1. The molecule has 0 aromatic heterocycles. The first-order chi connectivity index (χ1) is 23.8. The van der Waals surface area contributed by atoms with Crippen molar-refractivity contribution in [2.45, 2.75) is 6.42 Å². The number of nitrogens with zero attached hydrogens (tertiary/aromatic N) is 1. The largest absolute Gasteiger partial charge is 0.310 e. The van der Waals surface area contributed by atoms with Gasteiger partial charge in [0.2, 0.25) is 0 Å². The van der Waals surface area contributed by atoms with Crippen molar-refractivity contribution in [2.75, 3.05) is 4.90 Å². The van der Waals surface area contributed by atoms with Crippen LogP contribution in [0.2, 0.25) is 0 Å². The van der Waals surface area contributed by atoms with Gasteiger partial charge in [-0.3, -0.25) is 0 Å². The van der Waals surface area contributed by atoms with Gasteiger partial charge in [0.1, 0.15) is 0 Å². The highest BCUT2D eigenvalue weighted by Gasteiger charge is 2.25. The van der Waals surface area contributed by atoms with Crippen LogP contribution in [0.1, 0.15) is 11.1 Å². The average Bonchev–Trinajstić information content (AvgIpc) is 3.15. The van der Waals surface area contributed by atoms with E-state index in [1.165, 1.54) is 93.5 Å². The molecule has 0 unspecified atom stereocenters. The molecule has 0 N–H and O–H groups in total. The van der Waals surface area contributed by atoms with Crippen LogP contribution in [0.15, 0.2) is 176 Å². The zero-order valence-electron chi connectivity index (χ0n) is 26.4. The fraction of sp³-hybridized carbons (Fsp3) is 0.0213. The van der Waals surface area contributed by atoms with Crippen molar-refractivity contribution >= 4 is 60.2 Å². The normalized spacial score (nSPS) is 12.5. The molecule has 1 heteroatoms. The molecule has 48 heavy (non-hydrogen) atoms. The Labute approximate surface area is 280 Å². The standard InChI is InChI=1S/C47H31N/c1-3-13-33-27-37(23-21-31(33)11-1)46-40-17-7-8-18-41(40)47(38-24-22-32-12-2-4-14-34(32)28-38)43-30-39(25-26-42(43)46)48-44-19-9-5-15-35(44)29-36-16-6-10-20-45(36)48/h1-28,30H,29H2. The highest BCUT2D eigenvalue weighted by Crippen LogP contribution is 2.49. The Hall–Kier alpha value is -6.18. The number of hydrogen-bond donors (Lipinski definition) is 0. The summed E-state index contributed by atoms with van der Waals surface area (Å²) in [5, 5.41) is 10.1. The van der Waals surface area contributed by atoms with Gasteiger partial charge in [-0.1, -0.05) is 140 Å². The van der Waals surface area contributed by atoms with Crippen LogP contribution in [0, 0.1) is 0 Å². The molecule has 1 heterocycles. The lowest BCUT2D eigenvalue weighted by Gasteiger charge is -2.34. The lowest BCUT2D eigenvalue weighted by atomic mass is 9.84. The van der Waals surface area contributed by atoms with Crippen molar-refractivity contribution in [1.82, 2.24) is 0 Å². The first kappa shape index (κ1) is 27.0. The Bertz CT molecular complexity index is 2670. The highest BCUT2D eigenvalue weighted by atomic mass is 15.2. The molecule has 0 amide bonds. The van der Waals surface area contributed by atoms with Gasteiger partial charge in [0.05, 0.1) is 0 Å². The second-order valence-corrected chi connectivity index (χ2v) is 12.9. The summed E-state index contributed by atoms with van der Waals surface area (Å²) in [5.74, 6) is 0. The van der Waals surface area contributed by atoms with E-state index in [1.807, 2.05) is 0 Å². The summed E-state index contributed by atoms with van der Waals surface area (Å²) in [6.45, 7) is 0. The van der Waals surface area contributed by atoms with Gasteiger partial charge in [-0.25, -0.2) is 0 Å². The van der Waals surface area contributed by atoms with Crippen molar-refractivity contribution < 1.29 is 0 Å². The Morgan fingerprint density at radius 2 is 0.792 bits per heavy atom. The van der Waals surface area contributed by atoms with E-state index in [9.17, 15) is 0 Å². The molecule has 10 rings (SSSR count). The molecule has 0 radical (unpaired) electrons. The molecule has 0 fully saturated rings. The predicted octanol–water partition coefficient (Wildman–Crippen LogP) is 13.0. The number of fused-ring (bicyclic) bond motifs is 6. The van der Waals surface area contributed by atoms with Crippen molar-refractivity contribution in [3.8, 4) is 22.3 Å². The molecular weight excluding hydrogens is 579 g/mol. The fourth-order valence-electron chi connectivity index (χ4n) is 7.99. The minimum Gasteiger partial charge on any atom is -0.310 e. The summed E-state index contributed by atoms with van der Waals surface area (Å²) >= 11 is 0. The molecule has 1 nitrogen and oxygen atoms in total. The van der Waals surface area contributed by atoms with Crippen LogP contribution < -0.4 is 4.90 Å². The highest BCUT2D eigenvalue weighted by molar-refractivity contribution is 6.22. The van der Waals surface area contributed by atoms with Gasteiger partial charge in [0, 0.05) is 23.5 Å². The fourth-order valence-corrected chi connectivity index (χ4v) is 7.99. The van der Waals surface area contributed by atoms with Gasteiger partial charge in [0.25, 0.3) is 0 Å². The van der Waals surface area contributed by atoms with Crippen LogP contribution >= 0.6 is 0 Å². The Morgan fingerprint density at radius 3 is 1.38 bits per heavy atom. The number of para-hydroxylation sites is 2. The maximum absolute atomic E-state index is 2.46. The molecule has 0 spiro atoms. The summed E-state index contributed by atoms with van der Waals surface area (Å²) in [5.41, 5.74) is 11.4. The van der Waals surface area contributed by atoms with Gasteiger partial charge < -0.3 is 4.90 Å². The van der Waals surface area contributed by atoms with Crippen LogP contribution in [0.3, 0.4) is 0 Å². The number of anilines is 3. The molecule has 0 bridgehead atoms. The molecule has 9 aromatic rings. The SMILES string of the molecule is c1ccc2c(c1)Cc1ccccc1N2c1ccc2c(-c3ccc4ccccc4c3)c3ccccc3c(-c3ccc4ccccc4c3)c2c1. The summed E-state index contributed by atoms with van der Waals surface area (Å²) in [7, 11) is 0. The van der Waals surface area contributed by atoms with E-state index in [2.05, 4.69) is 181 Å². The molecule has 0 aliphatic carbocycles. The van der Waals surface area contributed by atoms with Crippen LogP contribution in [0.25, 0.3) is 65.3 Å². The summed E-state index contributed by atoms with van der Waals surface area (Å²) in [6, 6.07) is 65.0. The second kappa shape index (κ2) is 10.7. The smallest absolute Gasteiger partial charge is 0.0497 e.